The van der Waals surface area contributed by atoms with Gasteiger partial charge in [-0.15, -0.1) is 0 Å². The van der Waals surface area contributed by atoms with E-state index >= 15 is 0 Å². The van der Waals surface area contributed by atoms with Gasteiger partial charge in [-0.25, -0.2) is 4.98 Å². The summed E-state index contributed by atoms with van der Waals surface area (Å²) in [5, 5.41) is 10.9. The first-order chi connectivity index (χ1) is 17.9. The average molecular weight is 500 g/mol. The minimum Gasteiger partial charge on any atom is -0.494 e. The van der Waals surface area contributed by atoms with E-state index in [1.807, 2.05) is 90.9 Å². The van der Waals surface area contributed by atoms with E-state index in [-0.39, 0.29) is 18.4 Å². The molecule has 0 radical (unpaired) electrons. The molecule has 7 nitrogen and oxygen atoms in total. The number of nitrogens with zero attached hydrogens (tertiary/aromatic N) is 3. The Morgan fingerprint density at radius 1 is 1.00 bits per heavy atom. The summed E-state index contributed by atoms with van der Waals surface area (Å²) in [4.78, 5) is 19.7. The molecule has 0 saturated carbocycles. The number of benzene rings is 3. The van der Waals surface area contributed by atoms with Gasteiger partial charge in [-0.2, -0.15) is 0 Å². The van der Waals surface area contributed by atoms with Crippen molar-refractivity contribution in [2.75, 3.05) is 24.7 Å². The molecule has 5 rings (SSSR count). The van der Waals surface area contributed by atoms with Crippen LogP contribution in [0.4, 0.5) is 5.69 Å². The van der Waals surface area contributed by atoms with Crippen molar-refractivity contribution in [3.05, 3.63) is 83.7 Å². The van der Waals surface area contributed by atoms with E-state index in [2.05, 4.69) is 6.07 Å². The van der Waals surface area contributed by atoms with Crippen molar-refractivity contribution in [3.63, 3.8) is 0 Å². The molecule has 7 heteroatoms. The van der Waals surface area contributed by atoms with Crippen molar-refractivity contribution in [3.8, 4) is 11.5 Å². The second kappa shape index (κ2) is 10.6. The number of fused-ring (bicyclic) bond motifs is 1. The fourth-order valence-corrected chi connectivity index (χ4v) is 5.09. The molecular formula is C30H33N3O4. The molecule has 1 N–H and O–H groups in total. The highest BCUT2D eigenvalue weighted by Gasteiger charge is 2.35. The van der Waals surface area contributed by atoms with E-state index in [1.165, 1.54) is 0 Å². The molecule has 4 aromatic rings. The zero-order valence-electron chi connectivity index (χ0n) is 21.6. The van der Waals surface area contributed by atoms with Crippen LogP contribution in [0.2, 0.25) is 0 Å². The maximum Gasteiger partial charge on any atom is 0.227 e. The van der Waals surface area contributed by atoms with Crippen molar-refractivity contribution in [2.24, 2.45) is 0 Å². The molecule has 0 spiro atoms. The van der Waals surface area contributed by atoms with Crippen molar-refractivity contribution in [2.45, 2.75) is 45.8 Å². The Morgan fingerprint density at radius 2 is 1.73 bits per heavy atom. The van der Waals surface area contributed by atoms with Crippen LogP contribution in [0.15, 0.2) is 66.7 Å². The normalized spacial score (nSPS) is 16.4. The second-order valence-electron chi connectivity index (χ2n) is 9.69. The summed E-state index contributed by atoms with van der Waals surface area (Å²) in [7, 11) is 0. The highest BCUT2D eigenvalue weighted by Crippen LogP contribution is 2.34. The van der Waals surface area contributed by atoms with Crippen LogP contribution in [0.5, 0.6) is 11.5 Å². The van der Waals surface area contributed by atoms with Gasteiger partial charge >= 0.3 is 0 Å². The van der Waals surface area contributed by atoms with Crippen molar-refractivity contribution >= 4 is 22.6 Å². The van der Waals surface area contributed by atoms with E-state index in [4.69, 9.17) is 14.5 Å². The number of anilines is 1. The first-order valence-corrected chi connectivity index (χ1v) is 12.8. The topological polar surface area (TPSA) is 76.8 Å². The number of carbonyl (C=O) groups is 1. The number of rotatable bonds is 9. The summed E-state index contributed by atoms with van der Waals surface area (Å²) < 4.78 is 13.5. The van der Waals surface area contributed by atoms with Crippen LogP contribution in [-0.2, 0) is 11.3 Å². The van der Waals surface area contributed by atoms with E-state index in [1.54, 1.807) is 0 Å². The van der Waals surface area contributed by atoms with Gasteiger partial charge in [-0.05, 0) is 80.4 Å². The van der Waals surface area contributed by atoms with Crippen LogP contribution in [0.25, 0.3) is 11.0 Å². The summed E-state index contributed by atoms with van der Waals surface area (Å²) in [6, 6.07) is 21.5. The summed E-state index contributed by atoms with van der Waals surface area (Å²) in [5.74, 6) is 2.33. The number of aromatic nitrogens is 2. The maximum absolute atomic E-state index is 13.0. The summed E-state index contributed by atoms with van der Waals surface area (Å²) in [6.45, 7) is 7.62. The highest BCUT2D eigenvalue weighted by molar-refractivity contribution is 5.96. The molecule has 37 heavy (non-hydrogen) atoms. The SMILES string of the molecule is CCOc1ccc(N2C[C@H](c3nc4ccccc4n3C[C@H](O)COc3cc(C)cc(C)c3)CC2=O)cc1. The number of para-hydroxylation sites is 2. The first-order valence-electron chi connectivity index (χ1n) is 12.8. The molecule has 0 unspecified atom stereocenters. The molecule has 0 aliphatic carbocycles. The molecule has 1 aromatic heterocycles. The Morgan fingerprint density at radius 3 is 2.46 bits per heavy atom. The van der Waals surface area contributed by atoms with Crippen LogP contribution >= 0.6 is 0 Å². The van der Waals surface area contributed by atoms with E-state index in [9.17, 15) is 9.90 Å². The zero-order valence-corrected chi connectivity index (χ0v) is 21.6. The highest BCUT2D eigenvalue weighted by atomic mass is 16.5. The number of hydrogen-bond donors (Lipinski definition) is 1. The largest absolute Gasteiger partial charge is 0.494 e. The van der Waals surface area contributed by atoms with Crippen molar-refractivity contribution in [1.82, 2.24) is 9.55 Å². The molecule has 1 aliphatic rings. The van der Waals surface area contributed by atoms with E-state index < -0.39 is 6.10 Å². The number of aliphatic hydroxyl groups is 1. The number of aryl methyl sites for hydroxylation is 2. The molecule has 1 aliphatic heterocycles. The Hall–Kier alpha value is -3.84. The van der Waals surface area contributed by atoms with Crippen molar-refractivity contribution < 1.29 is 19.4 Å². The third-order valence-electron chi connectivity index (χ3n) is 6.66. The quantitative estimate of drug-likeness (QED) is 0.350. The molecule has 1 fully saturated rings. The number of ether oxygens (including phenoxy) is 2. The first kappa shape index (κ1) is 24.8. The summed E-state index contributed by atoms with van der Waals surface area (Å²) in [6.07, 6.45) is -0.373. The van der Waals surface area contributed by atoms with Crippen LogP contribution in [0, 0.1) is 13.8 Å². The summed E-state index contributed by atoms with van der Waals surface area (Å²) >= 11 is 0. The predicted molar refractivity (Wildman–Crippen MR) is 144 cm³/mol. The molecule has 2 atom stereocenters. The van der Waals surface area contributed by atoms with Crippen LogP contribution in [-0.4, -0.2) is 46.4 Å². The van der Waals surface area contributed by atoms with Gasteiger partial charge in [0.2, 0.25) is 5.91 Å². The van der Waals surface area contributed by atoms with Gasteiger partial charge < -0.3 is 24.0 Å². The van der Waals surface area contributed by atoms with Gasteiger partial charge in [-0.3, -0.25) is 4.79 Å². The maximum atomic E-state index is 13.0. The lowest BCUT2D eigenvalue weighted by atomic mass is 10.1. The lowest BCUT2D eigenvalue weighted by Crippen LogP contribution is -2.26. The molecular weight excluding hydrogens is 466 g/mol. The number of carbonyl (C=O) groups excluding carboxylic acids is 1. The fraction of sp³-hybridized carbons (Fsp3) is 0.333. The third-order valence-corrected chi connectivity index (χ3v) is 6.66. The second-order valence-corrected chi connectivity index (χ2v) is 9.69. The fourth-order valence-electron chi connectivity index (χ4n) is 5.09. The Labute approximate surface area is 217 Å². The average Bonchev–Trinajstić information content (AvgIpc) is 3.43. The summed E-state index contributed by atoms with van der Waals surface area (Å²) in [5.41, 5.74) is 4.88. The van der Waals surface area contributed by atoms with Crippen LogP contribution in [0.1, 0.15) is 36.2 Å². The lowest BCUT2D eigenvalue weighted by molar-refractivity contribution is -0.117. The van der Waals surface area contributed by atoms with Gasteiger partial charge in [0.15, 0.2) is 0 Å². The lowest BCUT2D eigenvalue weighted by Gasteiger charge is -2.19. The number of hydrogen-bond acceptors (Lipinski definition) is 5. The van der Waals surface area contributed by atoms with Gasteiger partial charge in [0.05, 0.1) is 24.2 Å². The minimum atomic E-state index is -0.739. The Bertz CT molecular complexity index is 1380. The van der Waals surface area contributed by atoms with E-state index in [0.717, 1.165) is 45.2 Å². The Balaban J connectivity index is 1.35. The van der Waals surface area contributed by atoms with Crippen molar-refractivity contribution in [1.29, 1.82) is 0 Å². The van der Waals surface area contributed by atoms with Gasteiger partial charge in [0, 0.05) is 24.6 Å². The standard InChI is InChI=1S/C30H33N3O4/c1-4-36-25-11-9-23(10-12-25)32-17-22(16-29(32)35)30-31-27-7-5-6-8-28(27)33(30)18-24(34)19-37-26-14-20(2)13-21(3)15-26/h5-15,22,24,34H,4,16-19H2,1-3H3/t22-,24+/m1/s1. The van der Waals surface area contributed by atoms with Gasteiger partial charge in [0.1, 0.15) is 30.0 Å². The molecule has 0 bridgehead atoms. The van der Waals surface area contributed by atoms with Crippen LogP contribution in [0.3, 0.4) is 0 Å². The molecule has 1 saturated heterocycles. The van der Waals surface area contributed by atoms with E-state index in [0.29, 0.717) is 26.1 Å². The molecule has 1 amide bonds. The molecule has 3 aromatic carbocycles. The predicted octanol–water partition coefficient (Wildman–Crippen LogP) is 5.01. The molecule has 2 heterocycles. The number of imidazole rings is 1. The molecule has 192 valence electrons. The zero-order chi connectivity index (χ0) is 25.9. The van der Waals surface area contributed by atoms with Gasteiger partial charge in [0.25, 0.3) is 0 Å². The Kier molecular flexibility index (Phi) is 7.15. The van der Waals surface area contributed by atoms with Gasteiger partial charge in [-0.1, -0.05) is 18.2 Å². The minimum absolute atomic E-state index is 0.0615. The third kappa shape index (κ3) is 5.47. The number of aliphatic hydroxyl groups excluding tert-OH is 1. The monoisotopic (exact) mass is 499 g/mol. The number of amides is 1. The smallest absolute Gasteiger partial charge is 0.227 e. The van der Waals surface area contributed by atoms with Crippen LogP contribution < -0.4 is 14.4 Å².